The van der Waals surface area contributed by atoms with Gasteiger partial charge >= 0.3 is 6.03 Å². The fourth-order valence-corrected chi connectivity index (χ4v) is 3.97. The van der Waals surface area contributed by atoms with Gasteiger partial charge in [0.05, 0.1) is 12.7 Å². The summed E-state index contributed by atoms with van der Waals surface area (Å²) in [6.45, 7) is 14.2. The van der Waals surface area contributed by atoms with Crippen LogP contribution in [0.4, 0.5) is 10.5 Å². The molecule has 1 aromatic carbocycles. The molecule has 6 heteroatoms. The summed E-state index contributed by atoms with van der Waals surface area (Å²) in [6.07, 6.45) is 0.0923. The van der Waals surface area contributed by atoms with Crippen LogP contribution in [-0.2, 0) is 4.74 Å². The standard InChI is InChI=1S/C21H34N4O2/c1-17(2)15-23-12-13-27-19(16-23)14-22-21(26)25-10-8-24(9-11-25)20-7-5-4-6-18(20)3/h4-7,17,19H,8-16H2,1-3H3,(H,22,26). The molecule has 2 heterocycles. The fourth-order valence-electron chi connectivity index (χ4n) is 3.97. The molecule has 27 heavy (non-hydrogen) atoms. The normalized spacial score (nSPS) is 21.6. The van der Waals surface area contributed by atoms with Gasteiger partial charge in [-0.1, -0.05) is 32.0 Å². The third-order valence-corrected chi connectivity index (χ3v) is 5.35. The van der Waals surface area contributed by atoms with E-state index in [1.807, 2.05) is 4.90 Å². The Morgan fingerprint density at radius 2 is 1.93 bits per heavy atom. The van der Waals surface area contributed by atoms with Gasteiger partial charge < -0.3 is 19.9 Å². The van der Waals surface area contributed by atoms with Gasteiger partial charge in [0.25, 0.3) is 0 Å². The average Bonchev–Trinajstić information content (AvgIpc) is 2.66. The van der Waals surface area contributed by atoms with E-state index in [0.29, 0.717) is 12.5 Å². The molecule has 0 radical (unpaired) electrons. The van der Waals surface area contributed by atoms with Gasteiger partial charge in [-0.05, 0) is 24.5 Å². The highest BCUT2D eigenvalue weighted by molar-refractivity contribution is 5.74. The average molecular weight is 375 g/mol. The van der Waals surface area contributed by atoms with E-state index in [1.54, 1.807) is 0 Å². The zero-order valence-electron chi connectivity index (χ0n) is 17.0. The lowest BCUT2D eigenvalue weighted by Gasteiger charge is -2.37. The van der Waals surface area contributed by atoms with E-state index in [0.717, 1.165) is 52.4 Å². The minimum Gasteiger partial charge on any atom is -0.374 e. The Balaban J connectivity index is 1.41. The molecule has 2 aliphatic heterocycles. The summed E-state index contributed by atoms with van der Waals surface area (Å²) in [6, 6.07) is 8.48. The van der Waals surface area contributed by atoms with Gasteiger partial charge in [0, 0.05) is 58.0 Å². The molecule has 2 saturated heterocycles. The van der Waals surface area contributed by atoms with E-state index >= 15 is 0 Å². The minimum absolute atomic E-state index is 0.0315. The number of rotatable bonds is 5. The Bertz CT molecular complexity index is 614. The third kappa shape index (κ3) is 5.59. The Kier molecular flexibility index (Phi) is 6.96. The lowest BCUT2D eigenvalue weighted by Crippen LogP contribution is -2.54. The van der Waals surface area contributed by atoms with Crippen molar-refractivity contribution in [1.82, 2.24) is 15.1 Å². The quantitative estimate of drug-likeness (QED) is 0.858. The monoisotopic (exact) mass is 374 g/mol. The van der Waals surface area contributed by atoms with Crippen LogP contribution in [0.25, 0.3) is 0 Å². The van der Waals surface area contributed by atoms with Crippen molar-refractivity contribution in [3.63, 3.8) is 0 Å². The Hall–Kier alpha value is -1.79. The molecule has 1 aromatic rings. The molecule has 0 aromatic heterocycles. The highest BCUT2D eigenvalue weighted by Crippen LogP contribution is 2.20. The molecule has 1 atom stereocenters. The first-order chi connectivity index (χ1) is 13.0. The largest absolute Gasteiger partial charge is 0.374 e. The number of morpholine rings is 1. The Labute approximate surface area is 163 Å². The van der Waals surface area contributed by atoms with Gasteiger partial charge in [0.2, 0.25) is 0 Å². The van der Waals surface area contributed by atoms with Crippen LogP contribution >= 0.6 is 0 Å². The minimum atomic E-state index is 0.0315. The van der Waals surface area contributed by atoms with Crippen molar-refractivity contribution >= 4 is 11.7 Å². The van der Waals surface area contributed by atoms with Gasteiger partial charge in [-0.3, -0.25) is 4.90 Å². The van der Waals surface area contributed by atoms with E-state index in [2.05, 4.69) is 60.2 Å². The summed E-state index contributed by atoms with van der Waals surface area (Å²) in [5, 5.41) is 3.08. The fraction of sp³-hybridized carbons (Fsp3) is 0.667. The first-order valence-electron chi connectivity index (χ1n) is 10.2. The summed E-state index contributed by atoms with van der Waals surface area (Å²) < 4.78 is 5.83. The van der Waals surface area contributed by atoms with Crippen LogP contribution in [0, 0.1) is 12.8 Å². The van der Waals surface area contributed by atoms with Crippen LogP contribution in [0.15, 0.2) is 24.3 Å². The molecule has 2 fully saturated rings. The number of anilines is 1. The van der Waals surface area contributed by atoms with Gasteiger partial charge in [0.15, 0.2) is 0 Å². The summed E-state index contributed by atoms with van der Waals surface area (Å²) in [5.41, 5.74) is 2.56. The van der Waals surface area contributed by atoms with Gasteiger partial charge in [-0.2, -0.15) is 0 Å². The predicted octanol–water partition coefficient (Wildman–Crippen LogP) is 2.18. The second kappa shape index (κ2) is 9.42. The molecule has 6 nitrogen and oxygen atoms in total. The molecular formula is C21H34N4O2. The number of aryl methyl sites for hydroxylation is 1. The third-order valence-electron chi connectivity index (χ3n) is 5.35. The first-order valence-corrected chi connectivity index (χ1v) is 10.2. The molecule has 0 bridgehead atoms. The van der Waals surface area contributed by atoms with Gasteiger partial charge in [-0.25, -0.2) is 4.79 Å². The number of benzene rings is 1. The van der Waals surface area contributed by atoms with Crippen molar-refractivity contribution in [2.75, 3.05) is 63.9 Å². The topological polar surface area (TPSA) is 48.0 Å². The van der Waals surface area contributed by atoms with Crippen molar-refractivity contribution in [1.29, 1.82) is 0 Å². The molecule has 3 rings (SSSR count). The molecule has 150 valence electrons. The molecule has 1 N–H and O–H groups in total. The maximum Gasteiger partial charge on any atom is 0.317 e. The molecule has 2 amide bonds. The summed E-state index contributed by atoms with van der Waals surface area (Å²) in [5.74, 6) is 0.655. The molecule has 0 saturated carbocycles. The molecule has 0 aliphatic carbocycles. The number of nitrogens with zero attached hydrogens (tertiary/aromatic N) is 3. The van der Waals surface area contributed by atoms with Crippen LogP contribution in [0.5, 0.6) is 0 Å². The number of ether oxygens (including phenoxy) is 1. The number of urea groups is 1. The zero-order valence-corrected chi connectivity index (χ0v) is 17.0. The van der Waals surface area contributed by atoms with Crippen LogP contribution < -0.4 is 10.2 Å². The number of amides is 2. The van der Waals surface area contributed by atoms with Crippen LogP contribution in [0.1, 0.15) is 19.4 Å². The predicted molar refractivity (Wildman–Crippen MR) is 109 cm³/mol. The van der Waals surface area contributed by atoms with Gasteiger partial charge in [-0.15, -0.1) is 0 Å². The smallest absolute Gasteiger partial charge is 0.317 e. The number of piperazine rings is 1. The molecule has 1 unspecified atom stereocenters. The van der Waals surface area contributed by atoms with Crippen molar-refractivity contribution in [3.8, 4) is 0 Å². The van der Waals surface area contributed by atoms with Crippen molar-refractivity contribution in [2.45, 2.75) is 26.9 Å². The maximum absolute atomic E-state index is 12.5. The SMILES string of the molecule is Cc1ccccc1N1CCN(C(=O)NCC2CN(CC(C)C)CCO2)CC1. The highest BCUT2D eigenvalue weighted by Gasteiger charge is 2.25. The van der Waals surface area contributed by atoms with Crippen LogP contribution in [-0.4, -0.2) is 80.9 Å². The van der Waals surface area contributed by atoms with E-state index < -0.39 is 0 Å². The number of hydrogen-bond donors (Lipinski definition) is 1. The lowest BCUT2D eigenvalue weighted by molar-refractivity contribution is -0.0294. The Morgan fingerprint density at radius 1 is 1.19 bits per heavy atom. The van der Waals surface area contributed by atoms with Crippen molar-refractivity contribution in [2.24, 2.45) is 5.92 Å². The Morgan fingerprint density at radius 3 is 2.63 bits per heavy atom. The van der Waals surface area contributed by atoms with Crippen LogP contribution in [0.2, 0.25) is 0 Å². The number of carbonyl (C=O) groups is 1. The molecule has 0 spiro atoms. The van der Waals surface area contributed by atoms with E-state index in [9.17, 15) is 4.79 Å². The second-order valence-corrected chi connectivity index (χ2v) is 8.09. The van der Waals surface area contributed by atoms with E-state index in [1.165, 1.54) is 11.3 Å². The molecular weight excluding hydrogens is 340 g/mol. The first kappa shape index (κ1) is 20.0. The number of carbonyl (C=O) groups excluding carboxylic acids is 1. The lowest BCUT2D eigenvalue weighted by atomic mass is 10.1. The van der Waals surface area contributed by atoms with E-state index in [-0.39, 0.29) is 12.1 Å². The maximum atomic E-state index is 12.5. The number of nitrogens with one attached hydrogen (secondary N) is 1. The summed E-state index contributed by atoms with van der Waals surface area (Å²) in [4.78, 5) is 19.3. The number of hydrogen-bond acceptors (Lipinski definition) is 4. The van der Waals surface area contributed by atoms with Gasteiger partial charge in [0.1, 0.15) is 0 Å². The second-order valence-electron chi connectivity index (χ2n) is 8.09. The highest BCUT2D eigenvalue weighted by atomic mass is 16.5. The van der Waals surface area contributed by atoms with Crippen LogP contribution in [0.3, 0.4) is 0 Å². The summed E-state index contributed by atoms with van der Waals surface area (Å²) >= 11 is 0. The molecule has 2 aliphatic rings. The van der Waals surface area contributed by atoms with Crippen molar-refractivity contribution < 1.29 is 9.53 Å². The van der Waals surface area contributed by atoms with E-state index in [4.69, 9.17) is 4.74 Å². The van der Waals surface area contributed by atoms with Crippen molar-refractivity contribution in [3.05, 3.63) is 29.8 Å². The summed E-state index contributed by atoms with van der Waals surface area (Å²) in [7, 11) is 0. The number of para-hydroxylation sites is 1. The zero-order chi connectivity index (χ0) is 19.2.